The lowest BCUT2D eigenvalue weighted by molar-refractivity contribution is -0.199. The van der Waals surface area contributed by atoms with E-state index in [2.05, 4.69) is 30.0 Å². The summed E-state index contributed by atoms with van der Waals surface area (Å²) in [6.45, 7) is 3.69. The number of rotatable bonds is 2. The number of carbonyl (C=O) groups excluding carboxylic acids is 1. The topological polar surface area (TPSA) is 62.1 Å². The van der Waals surface area contributed by atoms with Gasteiger partial charge in [-0.1, -0.05) is 25.1 Å². The molecule has 5 bridgehead atoms. The number of hydrogen-bond donors (Lipinski definition) is 1. The molecule has 6 aliphatic rings. The molecule has 0 amide bonds. The highest BCUT2D eigenvalue weighted by molar-refractivity contribution is 6.07. The van der Waals surface area contributed by atoms with Crippen LogP contribution in [0.2, 0.25) is 0 Å². The van der Waals surface area contributed by atoms with Gasteiger partial charge in [-0.05, 0) is 36.8 Å². The first-order valence-electron chi connectivity index (χ1n) is 9.89. The van der Waals surface area contributed by atoms with Gasteiger partial charge < -0.3 is 9.84 Å². The van der Waals surface area contributed by atoms with E-state index in [4.69, 9.17) is 9.73 Å². The average Bonchev–Trinajstić information content (AvgIpc) is 3.08. The summed E-state index contributed by atoms with van der Waals surface area (Å²) in [5.74, 6) is 0.750. The van der Waals surface area contributed by atoms with Crippen LogP contribution < -0.4 is 0 Å². The van der Waals surface area contributed by atoms with Crippen molar-refractivity contribution in [3.05, 3.63) is 29.8 Å². The third kappa shape index (κ3) is 1.49. The normalized spacial score (nSPS) is 49.0. The minimum atomic E-state index is -0.398. The third-order valence-corrected chi connectivity index (χ3v) is 7.94. The minimum absolute atomic E-state index is 0.158. The molecule has 5 heteroatoms. The van der Waals surface area contributed by atoms with Crippen molar-refractivity contribution in [2.45, 2.75) is 62.9 Å². The summed E-state index contributed by atoms with van der Waals surface area (Å²) in [5.41, 5.74) is 3.10. The monoisotopic (exact) mass is 352 g/mol. The number of hydrogen-bond acceptors (Lipinski definition) is 5. The van der Waals surface area contributed by atoms with Gasteiger partial charge in [-0.25, -0.2) is 0 Å². The molecule has 5 aliphatic heterocycles. The molecule has 1 aromatic rings. The van der Waals surface area contributed by atoms with E-state index in [0.29, 0.717) is 11.8 Å². The highest BCUT2D eigenvalue weighted by Crippen LogP contribution is 2.67. The number of esters is 1. The van der Waals surface area contributed by atoms with Gasteiger partial charge in [0.15, 0.2) is 0 Å². The molecule has 1 N–H and O–H groups in total. The summed E-state index contributed by atoms with van der Waals surface area (Å²) >= 11 is 0. The molecule has 5 heterocycles. The van der Waals surface area contributed by atoms with Crippen LogP contribution in [0, 0.1) is 17.8 Å². The van der Waals surface area contributed by atoms with Crippen molar-refractivity contribution in [1.29, 1.82) is 0 Å². The average molecular weight is 352 g/mol. The Morgan fingerprint density at radius 3 is 3.00 bits per heavy atom. The van der Waals surface area contributed by atoms with Crippen LogP contribution in [0.3, 0.4) is 0 Å². The van der Waals surface area contributed by atoms with Gasteiger partial charge in [0.25, 0.3) is 0 Å². The molecule has 1 saturated carbocycles. The van der Waals surface area contributed by atoms with Crippen LogP contribution in [0.25, 0.3) is 0 Å². The fourth-order valence-corrected chi connectivity index (χ4v) is 7.30. The molecule has 0 radical (unpaired) electrons. The molecular weight excluding hydrogens is 328 g/mol. The number of fused-ring (bicyclic) bond motifs is 2. The molecule has 5 nitrogen and oxygen atoms in total. The summed E-state index contributed by atoms with van der Waals surface area (Å²) in [6, 6.07) is 8.79. The zero-order chi connectivity index (χ0) is 17.8. The van der Waals surface area contributed by atoms with Crippen LogP contribution >= 0.6 is 0 Å². The molecule has 136 valence electrons. The summed E-state index contributed by atoms with van der Waals surface area (Å²) in [7, 11) is 0. The lowest BCUT2D eigenvalue weighted by atomic mass is 9.63. The van der Waals surface area contributed by atoms with Crippen molar-refractivity contribution in [2.24, 2.45) is 22.7 Å². The van der Waals surface area contributed by atoms with Crippen molar-refractivity contribution >= 4 is 17.4 Å². The Labute approximate surface area is 153 Å². The summed E-state index contributed by atoms with van der Waals surface area (Å²) in [5, 5.41) is 11.1. The SMILES string of the molecule is CCC1C2CC3C4=Nc5ccccc5C45CC(C2C5OC(C)=O)N3C1O. The van der Waals surface area contributed by atoms with Crippen LogP contribution in [0.1, 0.15) is 38.7 Å². The first-order chi connectivity index (χ1) is 12.6. The zero-order valence-corrected chi connectivity index (χ0v) is 15.1. The largest absolute Gasteiger partial charge is 0.461 e. The fourth-order valence-electron chi connectivity index (χ4n) is 7.30. The van der Waals surface area contributed by atoms with Crippen LogP contribution in [0.4, 0.5) is 5.69 Å². The van der Waals surface area contributed by atoms with Crippen molar-refractivity contribution < 1.29 is 14.6 Å². The Bertz CT molecular complexity index is 851. The smallest absolute Gasteiger partial charge is 0.302 e. The van der Waals surface area contributed by atoms with Crippen molar-refractivity contribution in [3.63, 3.8) is 0 Å². The number of nitrogens with zero attached hydrogens (tertiary/aromatic N) is 2. The van der Waals surface area contributed by atoms with E-state index in [1.165, 1.54) is 12.5 Å². The van der Waals surface area contributed by atoms with E-state index < -0.39 is 6.23 Å². The second-order valence-electron chi connectivity index (χ2n) is 8.71. The van der Waals surface area contributed by atoms with Crippen LogP contribution in [-0.2, 0) is 14.9 Å². The molecular formula is C21H24N2O3. The minimum Gasteiger partial charge on any atom is -0.461 e. The number of aliphatic hydroxyl groups excluding tert-OH is 1. The van der Waals surface area contributed by atoms with E-state index >= 15 is 0 Å². The number of ether oxygens (including phenoxy) is 1. The maximum atomic E-state index is 12.1. The first kappa shape index (κ1) is 15.3. The number of aliphatic imine (C=N–C) groups is 1. The summed E-state index contributed by atoms with van der Waals surface area (Å²) < 4.78 is 6.07. The predicted octanol–water partition coefficient (Wildman–Crippen LogP) is 2.39. The van der Waals surface area contributed by atoms with E-state index in [1.54, 1.807) is 0 Å². The fraction of sp³-hybridized carbons (Fsp3) is 0.619. The number of piperidine rings is 4. The quantitative estimate of drug-likeness (QED) is 0.830. The Balaban J connectivity index is 1.60. The lowest BCUT2D eigenvalue weighted by Crippen LogP contribution is -2.70. The van der Waals surface area contributed by atoms with Gasteiger partial charge in [-0.3, -0.25) is 14.7 Å². The molecule has 1 spiro atoms. The summed E-state index contributed by atoms with van der Waals surface area (Å²) in [6.07, 6.45) is 2.34. The maximum absolute atomic E-state index is 12.1. The molecule has 5 fully saturated rings. The highest BCUT2D eigenvalue weighted by Gasteiger charge is 2.75. The second-order valence-corrected chi connectivity index (χ2v) is 8.71. The number of benzene rings is 1. The van der Waals surface area contributed by atoms with E-state index in [9.17, 15) is 9.90 Å². The maximum Gasteiger partial charge on any atom is 0.302 e. The standard InChI is InChI=1S/C21H24N2O3/c1-3-11-12-8-15-18-21(13-6-4-5-7-14(13)22-18)9-16(23(15)20(11)25)17(12)19(21)26-10(2)24/h4-7,11-12,15-17,19-20,25H,3,8-9H2,1-2H3. The van der Waals surface area contributed by atoms with Gasteiger partial charge in [-0.15, -0.1) is 0 Å². The molecule has 26 heavy (non-hydrogen) atoms. The molecule has 9 unspecified atom stereocenters. The number of para-hydroxylation sites is 1. The second kappa shape index (κ2) is 4.76. The third-order valence-electron chi connectivity index (χ3n) is 7.94. The van der Waals surface area contributed by atoms with E-state index in [-0.39, 0.29) is 35.5 Å². The van der Waals surface area contributed by atoms with Crippen molar-refractivity contribution in [1.82, 2.24) is 4.90 Å². The van der Waals surface area contributed by atoms with Gasteiger partial charge in [0.1, 0.15) is 12.3 Å². The lowest BCUT2D eigenvalue weighted by Gasteiger charge is -2.60. The Morgan fingerprint density at radius 2 is 2.23 bits per heavy atom. The van der Waals surface area contributed by atoms with Gasteiger partial charge in [-0.2, -0.15) is 0 Å². The van der Waals surface area contributed by atoms with Crippen LogP contribution in [0.5, 0.6) is 0 Å². The summed E-state index contributed by atoms with van der Waals surface area (Å²) in [4.78, 5) is 19.4. The van der Waals surface area contributed by atoms with Gasteiger partial charge >= 0.3 is 5.97 Å². The molecule has 7 rings (SSSR count). The van der Waals surface area contributed by atoms with Crippen molar-refractivity contribution in [3.8, 4) is 0 Å². The molecule has 1 aromatic carbocycles. The zero-order valence-electron chi connectivity index (χ0n) is 15.1. The molecule has 4 saturated heterocycles. The molecule has 9 atom stereocenters. The molecule has 1 aliphatic carbocycles. The van der Waals surface area contributed by atoms with Crippen molar-refractivity contribution in [2.75, 3.05) is 0 Å². The number of aliphatic hydroxyl groups is 1. The Kier molecular flexibility index (Phi) is 2.81. The molecule has 0 aromatic heterocycles. The Hall–Kier alpha value is -1.72. The van der Waals surface area contributed by atoms with Crippen LogP contribution in [-0.4, -0.2) is 46.1 Å². The first-order valence-corrected chi connectivity index (χ1v) is 9.89. The predicted molar refractivity (Wildman–Crippen MR) is 96.2 cm³/mol. The Morgan fingerprint density at radius 1 is 1.42 bits per heavy atom. The van der Waals surface area contributed by atoms with Gasteiger partial charge in [0.05, 0.1) is 22.9 Å². The van der Waals surface area contributed by atoms with E-state index in [0.717, 1.165) is 30.7 Å². The number of carbonyl (C=O) groups is 1. The van der Waals surface area contributed by atoms with Crippen LogP contribution in [0.15, 0.2) is 29.3 Å². The van der Waals surface area contributed by atoms with E-state index in [1.807, 2.05) is 6.07 Å². The van der Waals surface area contributed by atoms with Gasteiger partial charge in [0.2, 0.25) is 0 Å². The van der Waals surface area contributed by atoms with Gasteiger partial charge in [0, 0.05) is 24.8 Å². The highest BCUT2D eigenvalue weighted by atomic mass is 16.5.